The van der Waals surface area contributed by atoms with Gasteiger partial charge in [-0.3, -0.25) is 4.57 Å². The van der Waals surface area contributed by atoms with Gasteiger partial charge in [0, 0.05) is 11.3 Å². The Kier molecular flexibility index (Phi) is 6.86. The van der Waals surface area contributed by atoms with Gasteiger partial charge in [-0.05, 0) is 73.4 Å². The molecule has 0 saturated heterocycles. The lowest BCUT2D eigenvalue weighted by Crippen LogP contribution is -2.20. The zero-order valence-electron chi connectivity index (χ0n) is 19.6. The minimum atomic E-state index is -4.44. The first-order valence-electron chi connectivity index (χ1n) is 11.8. The Balaban J connectivity index is 1.54. The lowest BCUT2D eigenvalue weighted by atomic mass is 9.86. The summed E-state index contributed by atoms with van der Waals surface area (Å²) in [6.07, 6.45) is 2.08. The SMILES string of the molecule is FC(F)Oc1cccc(C=Cc2nc3ccccc3n2-c2ccc(C(F)(F)F)cc2)c1OCC1CCC1. The second-order valence-electron chi connectivity index (χ2n) is 8.83. The van der Waals surface area contributed by atoms with Gasteiger partial charge >= 0.3 is 12.8 Å². The van der Waals surface area contributed by atoms with Crippen LogP contribution in [0.3, 0.4) is 0 Å². The van der Waals surface area contributed by atoms with Crippen LogP contribution in [-0.4, -0.2) is 22.8 Å². The molecule has 5 rings (SSSR count). The van der Waals surface area contributed by atoms with Gasteiger partial charge in [-0.25, -0.2) is 4.98 Å². The highest BCUT2D eigenvalue weighted by Crippen LogP contribution is 2.36. The van der Waals surface area contributed by atoms with Crippen LogP contribution in [0.5, 0.6) is 11.5 Å². The molecule has 37 heavy (non-hydrogen) atoms. The van der Waals surface area contributed by atoms with E-state index in [1.54, 1.807) is 34.9 Å². The predicted molar refractivity (Wildman–Crippen MR) is 131 cm³/mol. The van der Waals surface area contributed by atoms with Crippen LogP contribution in [0.2, 0.25) is 0 Å². The number of rotatable bonds is 8. The molecule has 0 amide bonds. The summed E-state index contributed by atoms with van der Waals surface area (Å²) in [4.78, 5) is 4.63. The number of benzene rings is 3. The number of fused-ring (bicyclic) bond motifs is 1. The number of imidazole rings is 1. The van der Waals surface area contributed by atoms with E-state index >= 15 is 0 Å². The number of hydrogen-bond donors (Lipinski definition) is 0. The van der Waals surface area contributed by atoms with E-state index in [0.717, 1.165) is 31.4 Å². The molecule has 0 unspecified atom stereocenters. The van der Waals surface area contributed by atoms with E-state index in [-0.39, 0.29) is 11.5 Å². The van der Waals surface area contributed by atoms with E-state index in [0.29, 0.717) is 40.6 Å². The molecule has 1 saturated carbocycles. The highest BCUT2D eigenvalue weighted by atomic mass is 19.4. The Morgan fingerprint density at radius 2 is 1.70 bits per heavy atom. The minimum absolute atomic E-state index is 0.0623. The molecular weight excluding hydrogens is 491 g/mol. The fourth-order valence-corrected chi connectivity index (χ4v) is 4.26. The lowest BCUT2D eigenvalue weighted by molar-refractivity contribution is -0.137. The van der Waals surface area contributed by atoms with Gasteiger partial charge in [-0.2, -0.15) is 22.0 Å². The molecule has 9 heteroatoms. The van der Waals surface area contributed by atoms with Crippen LogP contribution in [0, 0.1) is 5.92 Å². The molecule has 1 heterocycles. The number of hydrogen-bond acceptors (Lipinski definition) is 3. The van der Waals surface area contributed by atoms with Crippen molar-refractivity contribution in [2.75, 3.05) is 6.61 Å². The minimum Gasteiger partial charge on any atom is -0.489 e. The van der Waals surface area contributed by atoms with E-state index in [2.05, 4.69) is 4.98 Å². The average Bonchev–Trinajstić information content (AvgIpc) is 3.20. The smallest absolute Gasteiger partial charge is 0.416 e. The fraction of sp³-hybridized carbons (Fsp3) is 0.250. The van der Waals surface area contributed by atoms with Gasteiger partial charge in [0.1, 0.15) is 5.82 Å². The van der Waals surface area contributed by atoms with E-state index in [1.807, 2.05) is 18.2 Å². The first-order valence-corrected chi connectivity index (χ1v) is 11.8. The Bertz CT molecular complexity index is 1410. The molecule has 4 aromatic rings. The zero-order valence-corrected chi connectivity index (χ0v) is 19.6. The Morgan fingerprint density at radius 3 is 2.38 bits per heavy atom. The normalized spacial score (nSPS) is 14.4. The third-order valence-electron chi connectivity index (χ3n) is 6.37. The standard InChI is InChI=1S/C28H23F5N2O2/c29-27(30)37-24-10-4-7-19(26(24)36-17-18-5-3-6-18)11-16-25-34-22-8-1-2-9-23(22)35(25)21-14-12-20(13-15-21)28(31,32)33/h1-2,4,7-16,18,27H,3,5-6,17H2. The van der Waals surface area contributed by atoms with Crippen molar-refractivity contribution < 1.29 is 31.4 Å². The van der Waals surface area contributed by atoms with Crippen LogP contribution in [0.1, 0.15) is 36.2 Å². The molecule has 0 atom stereocenters. The first-order chi connectivity index (χ1) is 17.8. The van der Waals surface area contributed by atoms with E-state index in [4.69, 9.17) is 9.47 Å². The number of alkyl halides is 5. The molecule has 1 aliphatic rings. The van der Waals surface area contributed by atoms with Crippen molar-refractivity contribution >= 4 is 23.2 Å². The third-order valence-corrected chi connectivity index (χ3v) is 6.37. The molecule has 192 valence electrons. The highest BCUT2D eigenvalue weighted by Gasteiger charge is 2.30. The van der Waals surface area contributed by atoms with Crippen LogP contribution in [-0.2, 0) is 6.18 Å². The molecule has 0 aliphatic heterocycles. The maximum absolute atomic E-state index is 13.1. The van der Waals surface area contributed by atoms with Crippen LogP contribution in [0.15, 0.2) is 66.7 Å². The van der Waals surface area contributed by atoms with E-state index in [1.165, 1.54) is 18.2 Å². The largest absolute Gasteiger partial charge is 0.489 e. The Hall–Kier alpha value is -3.88. The van der Waals surface area contributed by atoms with Crippen molar-refractivity contribution in [3.8, 4) is 17.2 Å². The average molecular weight is 514 g/mol. The van der Waals surface area contributed by atoms with Gasteiger partial charge in [0.25, 0.3) is 0 Å². The van der Waals surface area contributed by atoms with E-state index < -0.39 is 18.4 Å². The maximum Gasteiger partial charge on any atom is 0.416 e. The summed E-state index contributed by atoms with van der Waals surface area (Å²) in [5.41, 5.74) is 1.62. The summed E-state index contributed by atoms with van der Waals surface area (Å²) < 4.78 is 77.7. The van der Waals surface area contributed by atoms with Crippen molar-refractivity contribution in [3.63, 3.8) is 0 Å². The van der Waals surface area contributed by atoms with Gasteiger partial charge in [0.15, 0.2) is 11.5 Å². The van der Waals surface area contributed by atoms with Crippen molar-refractivity contribution in [1.82, 2.24) is 9.55 Å². The molecular formula is C28H23F5N2O2. The van der Waals surface area contributed by atoms with Gasteiger partial charge in [0.2, 0.25) is 0 Å². The monoisotopic (exact) mass is 514 g/mol. The van der Waals surface area contributed by atoms with Gasteiger partial charge in [-0.15, -0.1) is 0 Å². The summed E-state index contributed by atoms with van der Waals surface area (Å²) in [5.74, 6) is 0.974. The predicted octanol–water partition coefficient (Wildman–Crippen LogP) is 8.00. The molecule has 4 nitrogen and oxygen atoms in total. The summed E-state index contributed by atoms with van der Waals surface area (Å²) in [5, 5.41) is 0. The number of halogens is 5. The van der Waals surface area contributed by atoms with Crippen molar-refractivity contribution in [1.29, 1.82) is 0 Å². The number of nitrogens with zero attached hydrogens (tertiary/aromatic N) is 2. The van der Waals surface area contributed by atoms with Gasteiger partial charge < -0.3 is 9.47 Å². The lowest BCUT2D eigenvalue weighted by Gasteiger charge is -2.26. The number of aromatic nitrogens is 2. The van der Waals surface area contributed by atoms with Crippen molar-refractivity contribution in [2.45, 2.75) is 32.1 Å². The maximum atomic E-state index is 13.1. The quantitative estimate of drug-likeness (QED) is 0.224. The van der Waals surface area contributed by atoms with Gasteiger partial charge in [0.05, 0.1) is 23.2 Å². The fourth-order valence-electron chi connectivity index (χ4n) is 4.26. The molecule has 1 fully saturated rings. The van der Waals surface area contributed by atoms with Crippen LogP contribution in [0.4, 0.5) is 22.0 Å². The zero-order chi connectivity index (χ0) is 26.0. The van der Waals surface area contributed by atoms with Gasteiger partial charge in [-0.1, -0.05) is 30.7 Å². The number of ether oxygens (including phenoxy) is 2. The third kappa shape index (κ3) is 5.45. The molecule has 0 radical (unpaired) electrons. The van der Waals surface area contributed by atoms with Crippen molar-refractivity contribution in [2.24, 2.45) is 5.92 Å². The summed E-state index contributed by atoms with van der Waals surface area (Å²) >= 11 is 0. The second-order valence-corrected chi connectivity index (χ2v) is 8.83. The molecule has 1 aliphatic carbocycles. The summed E-state index contributed by atoms with van der Waals surface area (Å²) in [7, 11) is 0. The van der Waals surface area contributed by atoms with Crippen LogP contribution >= 0.6 is 0 Å². The van der Waals surface area contributed by atoms with Crippen molar-refractivity contribution in [3.05, 3.63) is 83.7 Å². The molecule has 0 N–H and O–H groups in total. The Labute approximate surface area is 210 Å². The topological polar surface area (TPSA) is 36.3 Å². The molecule has 0 bridgehead atoms. The van der Waals surface area contributed by atoms with Crippen LogP contribution < -0.4 is 9.47 Å². The first kappa shape index (κ1) is 24.8. The molecule has 0 spiro atoms. The second kappa shape index (κ2) is 10.2. The highest BCUT2D eigenvalue weighted by molar-refractivity contribution is 5.83. The van der Waals surface area contributed by atoms with Crippen LogP contribution in [0.25, 0.3) is 28.9 Å². The Morgan fingerprint density at radius 1 is 0.946 bits per heavy atom. The summed E-state index contributed by atoms with van der Waals surface area (Å²) in [6.45, 7) is -2.61. The molecule has 1 aromatic heterocycles. The van der Waals surface area contributed by atoms with E-state index in [9.17, 15) is 22.0 Å². The molecule has 3 aromatic carbocycles. The summed E-state index contributed by atoms with van der Waals surface area (Å²) in [6, 6.07) is 16.8. The number of para-hydroxylation sites is 3.